The largest absolute Gasteiger partial charge is 0.480 e. The number of hydrogen-bond donors (Lipinski definition) is 4. The van der Waals surface area contributed by atoms with Gasteiger partial charge in [-0.1, -0.05) is 37.6 Å². The molecule has 5 N–H and O–H groups in total. The summed E-state index contributed by atoms with van der Waals surface area (Å²) >= 11 is 0. The van der Waals surface area contributed by atoms with E-state index in [9.17, 15) is 19.5 Å². The van der Waals surface area contributed by atoms with Gasteiger partial charge in [-0.15, -0.1) is 0 Å². The number of likely N-dealkylation sites (tertiary alicyclic amines) is 1. The fraction of sp³-hybridized carbons (Fsp3) is 0.522. The molecule has 3 rings (SSSR count). The van der Waals surface area contributed by atoms with E-state index >= 15 is 0 Å². The van der Waals surface area contributed by atoms with Crippen LogP contribution in [0.15, 0.2) is 29.3 Å². The molecule has 2 aliphatic heterocycles. The number of carboxylic acid groups (broad SMARTS) is 1. The molecule has 1 aromatic carbocycles. The van der Waals surface area contributed by atoms with Gasteiger partial charge in [0.25, 0.3) is 5.91 Å². The molecule has 178 valence electrons. The van der Waals surface area contributed by atoms with Gasteiger partial charge in [-0.2, -0.15) is 0 Å². The van der Waals surface area contributed by atoms with E-state index in [0.29, 0.717) is 49.9 Å². The van der Waals surface area contributed by atoms with Crippen molar-refractivity contribution in [2.45, 2.75) is 51.1 Å². The van der Waals surface area contributed by atoms with Crippen LogP contribution in [0.2, 0.25) is 0 Å². The van der Waals surface area contributed by atoms with Crippen LogP contribution >= 0.6 is 0 Å². The molecule has 1 spiro atoms. The van der Waals surface area contributed by atoms with Crippen molar-refractivity contribution in [3.05, 3.63) is 35.4 Å². The Labute approximate surface area is 192 Å². The molecule has 1 aromatic rings. The van der Waals surface area contributed by atoms with Gasteiger partial charge >= 0.3 is 12.1 Å². The second-order valence-electron chi connectivity index (χ2n) is 8.57. The number of nitrogens with one attached hydrogen (secondary N) is 2. The van der Waals surface area contributed by atoms with Gasteiger partial charge in [0.1, 0.15) is 11.9 Å². The number of unbranched alkanes of at least 4 members (excludes halogenated alkanes) is 1. The minimum atomic E-state index is -1.27. The van der Waals surface area contributed by atoms with Gasteiger partial charge in [0.05, 0.1) is 18.1 Å². The van der Waals surface area contributed by atoms with Crippen LogP contribution < -0.4 is 11.1 Å². The van der Waals surface area contributed by atoms with E-state index in [4.69, 9.17) is 15.9 Å². The Morgan fingerprint density at radius 3 is 2.48 bits per heavy atom. The highest BCUT2D eigenvalue weighted by Crippen LogP contribution is 2.41. The lowest BCUT2D eigenvalue weighted by Crippen LogP contribution is -2.53. The number of alkyl carbamates (subject to hydrolysis) is 1. The molecular formula is C23H31N5O5. The number of benzene rings is 1. The molecule has 2 heterocycles. The molecule has 1 fully saturated rings. The summed E-state index contributed by atoms with van der Waals surface area (Å²) in [7, 11) is 0. The second-order valence-corrected chi connectivity index (χ2v) is 8.57. The normalized spacial score (nSPS) is 19.2. The van der Waals surface area contributed by atoms with Crippen LogP contribution in [0.3, 0.4) is 0 Å². The fourth-order valence-corrected chi connectivity index (χ4v) is 4.40. The van der Waals surface area contributed by atoms with Gasteiger partial charge in [-0.25, -0.2) is 14.6 Å². The average molecular weight is 458 g/mol. The standard InChI is InChI=1S/C23H31N5O5/c1-2-3-14-33-22(32)27-17(20(29)30)18(15-4-6-16(7-5-15)19(24)25)28-12-9-23(10-13-28)8-11-26-21(23)31/h4-7,11,17-18H,2-3,8-10,12-14H2,1H3,(H3,24,25)(H,27,32)(H,29,30). The maximum absolute atomic E-state index is 12.3. The first-order chi connectivity index (χ1) is 15.8. The van der Waals surface area contributed by atoms with Gasteiger partial charge in [0.15, 0.2) is 0 Å². The Balaban J connectivity index is 1.85. The van der Waals surface area contributed by atoms with Crippen molar-refractivity contribution in [1.82, 2.24) is 10.2 Å². The maximum Gasteiger partial charge on any atom is 0.407 e. The van der Waals surface area contributed by atoms with E-state index in [2.05, 4.69) is 10.3 Å². The summed E-state index contributed by atoms with van der Waals surface area (Å²) < 4.78 is 5.14. The Bertz CT molecular complexity index is 922. The summed E-state index contributed by atoms with van der Waals surface area (Å²) in [5.41, 5.74) is 6.22. The highest BCUT2D eigenvalue weighted by Gasteiger charge is 2.46. The third-order valence-electron chi connectivity index (χ3n) is 6.44. The quantitative estimate of drug-likeness (QED) is 0.251. The first-order valence-corrected chi connectivity index (χ1v) is 11.2. The van der Waals surface area contributed by atoms with Crippen molar-refractivity contribution in [3.63, 3.8) is 0 Å². The van der Waals surface area contributed by atoms with Crippen molar-refractivity contribution in [3.8, 4) is 0 Å². The zero-order valence-corrected chi connectivity index (χ0v) is 18.8. The minimum absolute atomic E-state index is 0.0924. The lowest BCUT2D eigenvalue weighted by Gasteiger charge is -2.43. The number of carboxylic acids is 1. The monoisotopic (exact) mass is 457 g/mol. The van der Waals surface area contributed by atoms with Crippen molar-refractivity contribution in [1.29, 1.82) is 5.41 Å². The van der Waals surface area contributed by atoms with Crippen molar-refractivity contribution >= 4 is 30.0 Å². The lowest BCUT2D eigenvalue weighted by molar-refractivity contribution is -0.142. The first kappa shape index (κ1) is 24.4. The lowest BCUT2D eigenvalue weighted by atomic mass is 9.76. The van der Waals surface area contributed by atoms with E-state index in [1.54, 1.807) is 30.5 Å². The molecular weight excluding hydrogens is 426 g/mol. The molecule has 0 bridgehead atoms. The number of rotatable bonds is 9. The summed E-state index contributed by atoms with van der Waals surface area (Å²) in [6.07, 6.45) is 4.12. The molecule has 2 unspecified atom stereocenters. The molecule has 1 saturated heterocycles. The summed E-state index contributed by atoms with van der Waals surface area (Å²) in [6.45, 7) is 3.13. The Hall–Kier alpha value is -3.27. The molecule has 0 radical (unpaired) electrons. The number of amidine groups is 1. The van der Waals surface area contributed by atoms with Gasteiger partial charge in [-0.05, 0) is 44.3 Å². The van der Waals surface area contributed by atoms with Gasteiger partial charge < -0.3 is 20.9 Å². The number of aliphatic imine (C=N–C) groups is 1. The first-order valence-electron chi connectivity index (χ1n) is 11.2. The van der Waals surface area contributed by atoms with E-state index in [-0.39, 0.29) is 18.3 Å². The van der Waals surface area contributed by atoms with Crippen LogP contribution in [0.25, 0.3) is 0 Å². The molecule has 2 aliphatic rings. The topological polar surface area (TPSA) is 158 Å². The number of hydrogen-bond acceptors (Lipinski definition) is 6. The van der Waals surface area contributed by atoms with Crippen LogP contribution in [0, 0.1) is 10.8 Å². The Morgan fingerprint density at radius 1 is 1.30 bits per heavy atom. The SMILES string of the molecule is CCCCOC(=O)NC(C(=O)O)C(c1ccc(C(=N)N)cc1)N1CCC2(CC=NC2=O)CC1. The number of nitrogen functional groups attached to an aromatic ring is 1. The third kappa shape index (κ3) is 5.57. The summed E-state index contributed by atoms with van der Waals surface area (Å²) in [5.74, 6) is -1.40. The number of amides is 2. The number of nitrogens with zero attached hydrogens (tertiary/aromatic N) is 2. The molecule has 0 saturated carbocycles. The smallest absolute Gasteiger partial charge is 0.407 e. The molecule has 2 amide bonds. The molecule has 0 aliphatic carbocycles. The maximum atomic E-state index is 12.3. The number of carbonyl (C=O) groups is 3. The second kappa shape index (κ2) is 10.6. The number of piperidine rings is 1. The third-order valence-corrected chi connectivity index (χ3v) is 6.44. The number of carbonyl (C=O) groups excluding carboxylic acids is 2. The van der Waals surface area contributed by atoms with Gasteiger partial charge in [-0.3, -0.25) is 15.1 Å². The van der Waals surface area contributed by atoms with Crippen LogP contribution in [0.5, 0.6) is 0 Å². The molecule has 2 atom stereocenters. The van der Waals surface area contributed by atoms with Crippen molar-refractivity contribution in [2.24, 2.45) is 16.1 Å². The van der Waals surface area contributed by atoms with Gasteiger partial charge in [0.2, 0.25) is 0 Å². The predicted octanol–water partition coefficient (Wildman–Crippen LogP) is 2.07. The predicted molar refractivity (Wildman–Crippen MR) is 122 cm³/mol. The number of ether oxygens (including phenoxy) is 1. The highest BCUT2D eigenvalue weighted by atomic mass is 16.5. The van der Waals surface area contributed by atoms with Crippen molar-refractivity contribution in [2.75, 3.05) is 19.7 Å². The van der Waals surface area contributed by atoms with Crippen LogP contribution in [-0.2, 0) is 14.3 Å². The van der Waals surface area contributed by atoms with Crippen LogP contribution in [-0.4, -0.2) is 65.8 Å². The van der Waals surface area contributed by atoms with E-state index in [1.165, 1.54) is 0 Å². The average Bonchev–Trinajstić information content (AvgIpc) is 3.14. The van der Waals surface area contributed by atoms with Crippen LogP contribution in [0.4, 0.5) is 4.79 Å². The number of aliphatic carboxylic acids is 1. The highest BCUT2D eigenvalue weighted by molar-refractivity contribution is 5.97. The summed E-state index contributed by atoms with van der Waals surface area (Å²) in [5, 5.41) is 20.1. The fourth-order valence-electron chi connectivity index (χ4n) is 4.40. The zero-order chi connectivity index (χ0) is 24.0. The van der Waals surface area contributed by atoms with Crippen LogP contribution in [0.1, 0.15) is 56.2 Å². The van der Waals surface area contributed by atoms with Gasteiger partial charge in [0, 0.05) is 11.8 Å². The Morgan fingerprint density at radius 2 is 1.97 bits per heavy atom. The molecule has 0 aromatic heterocycles. The summed E-state index contributed by atoms with van der Waals surface area (Å²) in [4.78, 5) is 42.8. The Kier molecular flexibility index (Phi) is 7.80. The van der Waals surface area contributed by atoms with E-state index in [1.807, 2.05) is 11.8 Å². The van der Waals surface area contributed by atoms with E-state index < -0.39 is 29.6 Å². The zero-order valence-electron chi connectivity index (χ0n) is 18.8. The van der Waals surface area contributed by atoms with E-state index in [0.717, 1.165) is 6.42 Å². The molecule has 10 heteroatoms. The van der Waals surface area contributed by atoms with Crippen molar-refractivity contribution < 1.29 is 24.2 Å². The molecule has 10 nitrogen and oxygen atoms in total. The molecule has 33 heavy (non-hydrogen) atoms. The number of nitrogens with two attached hydrogens (primary N) is 1. The summed E-state index contributed by atoms with van der Waals surface area (Å²) in [6, 6.07) is 4.78. The minimum Gasteiger partial charge on any atom is -0.480 e.